The third-order valence-corrected chi connectivity index (χ3v) is 15.1. The van der Waals surface area contributed by atoms with Crippen LogP contribution in [0, 0.1) is 0 Å². The first kappa shape index (κ1) is 61.4. The SMILES string of the molecule is C.CNC(=O)c1cc(Oc2ccc3c(c2)nc(Nc2ccc4c(c2)N(C(=O)CCCN2CCOCC2)CC4)n3C)ccn1.CNC(=O)c1cc(Oc2ccc3c(c2)nc(Nc2ccc4c(c2)NCC4)n3C)ccn1.O=C(O)CCCN1CCOCC1. The van der Waals surface area contributed by atoms with Crippen LogP contribution in [0.1, 0.15) is 65.2 Å². The number of imidazole rings is 2. The van der Waals surface area contributed by atoms with Gasteiger partial charge in [0.25, 0.3) is 11.8 Å². The number of carboxylic acids is 1. The number of benzene rings is 4. The van der Waals surface area contributed by atoms with Crippen molar-refractivity contribution in [3.05, 3.63) is 132 Å². The monoisotopic (exact) mass is 1170 g/mol. The molecule has 4 aliphatic heterocycles. The van der Waals surface area contributed by atoms with Crippen molar-refractivity contribution in [3.63, 3.8) is 0 Å². The first-order chi connectivity index (χ1) is 41.4. The van der Waals surface area contributed by atoms with Gasteiger partial charge in [0.2, 0.25) is 17.8 Å². The van der Waals surface area contributed by atoms with E-state index in [4.69, 9.17) is 34.0 Å². The van der Waals surface area contributed by atoms with Gasteiger partial charge in [0, 0.05) is 140 Å². The van der Waals surface area contributed by atoms with E-state index in [1.807, 2.05) is 76.7 Å². The minimum Gasteiger partial charge on any atom is -0.481 e. The Bertz CT molecular complexity index is 3670. The highest BCUT2D eigenvalue weighted by atomic mass is 16.5. The molecule has 3 amide bonds. The summed E-state index contributed by atoms with van der Waals surface area (Å²) in [6.45, 7) is 10.4. The lowest BCUT2D eigenvalue weighted by molar-refractivity contribution is -0.137. The highest BCUT2D eigenvalue weighted by Gasteiger charge is 2.26. The van der Waals surface area contributed by atoms with Crippen LogP contribution in [-0.2, 0) is 46.0 Å². The normalized spacial score (nSPS) is 14.5. The fraction of sp³-hybridized carbons (Fsp3) is 0.365. The Hall–Kier alpha value is -9.16. The molecule has 452 valence electrons. The van der Waals surface area contributed by atoms with Crippen LogP contribution in [0.4, 0.5) is 34.6 Å². The zero-order valence-electron chi connectivity index (χ0n) is 48.4. The van der Waals surface area contributed by atoms with Crippen molar-refractivity contribution in [2.45, 2.75) is 46.0 Å². The summed E-state index contributed by atoms with van der Waals surface area (Å²) in [5.74, 6) is 2.62. The minimum atomic E-state index is -0.705. The van der Waals surface area contributed by atoms with E-state index in [1.165, 1.54) is 23.0 Å². The molecule has 4 aromatic heterocycles. The number of fused-ring (bicyclic) bond motifs is 4. The topological polar surface area (TPSA) is 257 Å². The van der Waals surface area contributed by atoms with Crippen molar-refractivity contribution in [3.8, 4) is 23.0 Å². The lowest BCUT2D eigenvalue weighted by Crippen LogP contribution is -2.37. The Balaban J connectivity index is 0.000000175. The number of aromatic nitrogens is 6. The number of carbonyl (C=O) groups excluding carboxylic acids is 3. The standard InChI is InChI=1S/C31H35N7O4.C23H22N6O2.C8H15NO3.CH4/c1-32-30(40)26-20-24(9-11-33-26)42-23-7-8-27-25(19-23)35-31(36(27)2)34-22-6-5-21-10-13-38(28(21)18-22)29(39)4-3-12-37-14-16-41-17-15-37;1-24-22(30)20-13-17(8-10-26-20)31-16-5-6-21-19(12-16)28-23(29(21)2)27-15-4-3-14-7-9-25-18(14)11-15;10-8(11)2-1-3-9-4-6-12-7-5-9;/h5-9,11,18-20H,3-4,10,12-17H2,1-2H3,(H,32,40)(H,34,35);3-6,8,10-13,25H,7,9H2,1-2H3,(H,24,30)(H,27,28);1-7H2,(H,10,11);1H4. The average molecular weight is 1170 g/mol. The van der Waals surface area contributed by atoms with Crippen LogP contribution in [0.25, 0.3) is 22.1 Å². The van der Waals surface area contributed by atoms with E-state index >= 15 is 0 Å². The highest BCUT2D eigenvalue weighted by Crippen LogP contribution is 2.35. The largest absolute Gasteiger partial charge is 0.481 e. The summed E-state index contributed by atoms with van der Waals surface area (Å²) in [7, 11) is 7.05. The molecule has 4 aromatic carbocycles. The number of nitrogens with zero attached hydrogens (tertiary/aromatic N) is 9. The molecule has 2 fully saturated rings. The van der Waals surface area contributed by atoms with E-state index in [2.05, 4.69) is 70.6 Å². The van der Waals surface area contributed by atoms with Crippen molar-refractivity contribution in [2.24, 2.45) is 14.1 Å². The van der Waals surface area contributed by atoms with Crippen molar-refractivity contribution in [2.75, 3.05) is 114 Å². The van der Waals surface area contributed by atoms with Gasteiger partial charge in [0.05, 0.1) is 48.5 Å². The summed E-state index contributed by atoms with van der Waals surface area (Å²) in [5.41, 5.74) is 10.6. The van der Waals surface area contributed by atoms with Crippen molar-refractivity contribution >= 4 is 80.4 Å². The second-order valence-corrected chi connectivity index (χ2v) is 20.9. The molecule has 86 heavy (non-hydrogen) atoms. The summed E-state index contributed by atoms with van der Waals surface area (Å²) < 4.78 is 26.5. The van der Waals surface area contributed by atoms with E-state index in [-0.39, 0.29) is 37.3 Å². The molecule has 0 aliphatic carbocycles. The summed E-state index contributed by atoms with van der Waals surface area (Å²) in [6, 6.07) is 30.5. The second kappa shape index (κ2) is 29.1. The van der Waals surface area contributed by atoms with Gasteiger partial charge in [0.15, 0.2) is 0 Å². The van der Waals surface area contributed by atoms with Crippen LogP contribution in [0.3, 0.4) is 0 Å². The molecule has 0 spiro atoms. The van der Waals surface area contributed by atoms with Crippen molar-refractivity contribution in [1.82, 2.24) is 49.5 Å². The van der Waals surface area contributed by atoms with E-state index in [0.29, 0.717) is 47.6 Å². The number of pyridine rings is 2. The van der Waals surface area contributed by atoms with Crippen LogP contribution in [-0.4, -0.2) is 161 Å². The molecule has 23 heteroatoms. The van der Waals surface area contributed by atoms with Gasteiger partial charge < -0.3 is 64.7 Å². The fourth-order valence-electron chi connectivity index (χ4n) is 10.5. The van der Waals surface area contributed by atoms with Crippen LogP contribution >= 0.6 is 0 Å². The third kappa shape index (κ3) is 15.6. The van der Waals surface area contributed by atoms with Crippen LogP contribution < -0.4 is 41.0 Å². The number of hydrogen-bond donors (Lipinski definition) is 6. The van der Waals surface area contributed by atoms with Gasteiger partial charge in [-0.05, 0) is 111 Å². The molecule has 0 radical (unpaired) electrons. The van der Waals surface area contributed by atoms with Crippen LogP contribution in [0.5, 0.6) is 23.0 Å². The van der Waals surface area contributed by atoms with E-state index in [9.17, 15) is 19.2 Å². The van der Waals surface area contributed by atoms with Crippen molar-refractivity contribution in [1.29, 1.82) is 0 Å². The number of hydrogen-bond acceptors (Lipinski definition) is 17. The molecule has 6 N–H and O–H groups in total. The molecule has 0 bridgehead atoms. The molecular weight excluding hydrogens is 1100 g/mol. The van der Waals surface area contributed by atoms with Gasteiger partial charge in [-0.25, -0.2) is 9.97 Å². The quantitative estimate of drug-likeness (QED) is 0.0470. The fourth-order valence-corrected chi connectivity index (χ4v) is 10.5. The summed E-state index contributed by atoms with van der Waals surface area (Å²) >= 11 is 0. The third-order valence-electron chi connectivity index (χ3n) is 15.1. The summed E-state index contributed by atoms with van der Waals surface area (Å²) in [4.78, 5) is 71.3. The molecule has 0 unspecified atom stereocenters. The van der Waals surface area contributed by atoms with Gasteiger partial charge in [-0.2, -0.15) is 0 Å². The predicted octanol–water partition coefficient (Wildman–Crippen LogP) is 8.52. The van der Waals surface area contributed by atoms with Gasteiger partial charge >= 0.3 is 5.97 Å². The van der Waals surface area contributed by atoms with Gasteiger partial charge in [0.1, 0.15) is 34.4 Å². The lowest BCUT2D eigenvalue weighted by Gasteiger charge is -2.26. The van der Waals surface area contributed by atoms with Crippen molar-refractivity contribution < 1.29 is 43.2 Å². The zero-order chi connectivity index (χ0) is 59.2. The Labute approximate surface area is 500 Å². The molecule has 8 heterocycles. The molecule has 0 saturated carbocycles. The van der Waals surface area contributed by atoms with Crippen LogP contribution in [0.2, 0.25) is 0 Å². The number of aryl methyl sites for hydroxylation is 2. The minimum absolute atomic E-state index is 0. The number of nitrogens with one attached hydrogen (secondary N) is 5. The lowest BCUT2D eigenvalue weighted by atomic mass is 10.1. The Morgan fingerprint density at radius 3 is 1.62 bits per heavy atom. The maximum Gasteiger partial charge on any atom is 0.303 e. The molecule has 8 aromatic rings. The van der Waals surface area contributed by atoms with Gasteiger partial charge in [-0.15, -0.1) is 0 Å². The Morgan fingerprint density at radius 2 is 1.09 bits per heavy atom. The van der Waals surface area contributed by atoms with Crippen LogP contribution in [0.15, 0.2) is 109 Å². The van der Waals surface area contributed by atoms with E-state index in [1.54, 1.807) is 44.6 Å². The highest BCUT2D eigenvalue weighted by molar-refractivity contribution is 5.96. The number of morpholine rings is 2. The molecule has 12 rings (SSSR count). The zero-order valence-corrected chi connectivity index (χ0v) is 48.4. The number of carbonyl (C=O) groups is 4. The first-order valence-corrected chi connectivity index (χ1v) is 28.7. The number of amides is 3. The molecule has 2 saturated heterocycles. The smallest absolute Gasteiger partial charge is 0.303 e. The maximum atomic E-state index is 13.1. The predicted molar refractivity (Wildman–Crippen MR) is 332 cm³/mol. The van der Waals surface area contributed by atoms with E-state index in [0.717, 1.165) is 143 Å². The first-order valence-electron chi connectivity index (χ1n) is 28.7. The average Bonchev–Trinajstić information content (AvgIpc) is 2.44. The molecule has 0 atom stereocenters. The number of carboxylic acid groups (broad SMARTS) is 1. The molecular formula is C63H76N14O9. The Kier molecular flexibility index (Phi) is 20.8. The number of aliphatic carboxylic acids is 1. The maximum absolute atomic E-state index is 13.1. The molecule has 4 aliphatic rings. The van der Waals surface area contributed by atoms with Gasteiger partial charge in [-0.3, -0.25) is 38.9 Å². The van der Waals surface area contributed by atoms with E-state index < -0.39 is 5.97 Å². The number of anilines is 6. The Morgan fingerprint density at radius 1 is 0.593 bits per heavy atom. The summed E-state index contributed by atoms with van der Waals surface area (Å²) in [5, 5.41) is 23.8. The van der Waals surface area contributed by atoms with Gasteiger partial charge in [-0.1, -0.05) is 19.6 Å². The number of ether oxygens (including phenoxy) is 4. The molecule has 23 nitrogen and oxygen atoms in total. The second-order valence-electron chi connectivity index (χ2n) is 20.9. The summed E-state index contributed by atoms with van der Waals surface area (Å²) in [6.07, 6.45) is 7.42. The number of rotatable bonds is 18.